The molecular weight excluding hydrogens is 492 g/mol. The molecular formula is C21H26N8O8. The minimum absolute atomic E-state index is 0.0578. The first-order chi connectivity index (χ1) is 17.6. The highest BCUT2D eigenvalue weighted by Gasteiger charge is 2.40. The van der Waals surface area contributed by atoms with Gasteiger partial charge in [0, 0.05) is 30.5 Å². The summed E-state index contributed by atoms with van der Waals surface area (Å²) in [5.41, 5.74) is 4.51. The zero-order chi connectivity index (χ0) is 26.4. The summed E-state index contributed by atoms with van der Waals surface area (Å²) in [7, 11) is 0. The van der Waals surface area contributed by atoms with E-state index in [1.807, 2.05) is 0 Å². The van der Waals surface area contributed by atoms with E-state index in [1.165, 1.54) is 21.7 Å². The van der Waals surface area contributed by atoms with Gasteiger partial charge in [-0.15, -0.1) is 0 Å². The molecule has 0 spiro atoms. The summed E-state index contributed by atoms with van der Waals surface area (Å²) in [5, 5.41) is 22.9. The number of carbonyl (C=O) groups is 1. The number of carbonyl (C=O) groups excluding carboxylic acids is 1. The number of anilines is 1. The molecule has 5 rings (SSSR count). The standard InChI is InChI=1S/C21H26N8O8/c1-8-5-28(21(35)27-17(8)33)13-3-9(11(6-30)36-13)2-12(32)24-19-10(31)4-14(37-19)29-7-23-15-16(29)25-20(22)26-18(15)34/h5,7,9-11,13-14,19,30-31H,2-4,6H2,1H3,(H,24,32)(H,27,33,35)(H3,22,25,26,34). The van der Waals surface area contributed by atoms with Crippen LogP contribution in [0, 0.1) is 12.8 Å². The van der Waals surface area contributed by atoms with E-state index in [4.69, 9.17) is 15.2 Å². The molecule has 0 bridgehead atoms. The van der Waals surface area contributed by atoms with Crippen molar-refractivity contribution in [3.05, 3.63) is 49.3 Å². The van der Waals surface area contributed by atoms with Gasteiger partial charge in [0.15, 0.2) is 17.4 Å². The lowest BCUT2D eigenvalue weighted by molar-refractivity contribution is -0.129. The number of imidazole rings is 1. The van der Waals surface area contributed by atoms with E-state index in [2.05, 4.69) is 25.3 Å². The first-order valence-corrected chi connectivity index (χ1v) is 11.6. The summed E-state index contributed by atoms with van der Waals surface area (Å²) in [5.74, 6) is -1.01. The summed E-state index contributed by atoms with van der Waals surface area (Å²) in [6.45, 7) is 1.17. The molecule has 2 aliphatic heterocycles. The lowest BCUT2D eigenvalue weighted by Gasteiger charge is -2.19. The van der Waals surface area contributed by atoms with E-state index in [0.717, 1.165) is 0 Å². The number of nitrogens with zero attached hydrogens (tertiary/aromatic N) is 4. The number of hydrogen-bond donors (Lipinski definition) is 6. The number of H-pyrrole nitrogens is 2. The Bertz CT molecular complexity index is 1510. The van der Waals surface area contributed by atoms with Gasteiger partial charge >= 0.3 is 5.69 Å². The van der Waals surface area contributed by atoms with Gasteiger partial charge in [-0.05, 0) is 13.3 Å². The number of aliphatic hydroxyl groups excluding tert-OH is 2. The maximum atomic E-state index is 12.8. The van der Waals surface area contributed by atoms with Crippen molar-refractivity contribution in [2.75, 3.05) is 12.3 Å². The second-order valence-electron chi connectivity index (χ2n) is 9.15. The fourth-order valence-electron chi connectivity index (χ4n) is 4.73. The molecule has 2 fully saturated rings. The lowest BCUT2D eigenvalue weighted by atomic mass is 9.96. The first kappa shape index (κ1) is 24.8. The Kier molecular flexibility index (Phi) is 6.40. The molecule has 6 atom stereocenters. The summed E-state index contributed by atoms with van der Waals surface area (Å²) < 4.78 is 14.3. The van der Waals surface area contributed by atoms with Crippen molar-refractivity contribution in [3.8, 4) is 0 Å². The van der Waals surface area contributed by atoms with Gasteiger partial charge < -0.3 is 30.7 Å². The number of aliphatic hydroxyl groups is 2. The van der Waals surface area contributed by atoms with Gasteiger partial charge in [0.1, 0.15) is 18.6 Å². The van der Waals surface area contributed by atoms with Gasteiger partial charge in [-0.2, -0.15) is 4.98 Å². The molecule has 5 heterocycles. The first-order valence-electron chi connectivity index (χ1n) is 11.6. The van der Waals surface area contributed by atoms with Crippen molar-refractivity contribution in [1.29, 1.82) is 0 Å². The predicted molar refractivity (Wildman–Crippen MR) is 125 cm³/mol. The second-order valence-corrected chi connectivity index (χ2v) is 9.15. The van der Waals surface area contributed by atoms with Crippen LogP contribution in [-0.2, 0) is 14.3 Å². The zero-order valence-electron chi connectivity index (χ0n) is 19.7. The van der Waals surface area contributed by atoms with Gasteiger partial charge in [0.05, 0.1) is 19.0 Å². The number of fused-ring (bicyclic) bond motifs is 1. The molecule has 0 radical (unpaired) electrons. The third-order valence-corrected chi connectivity index (χ3v) is 6.61. The van der Waals surface area contributed by atoms with Gasteiger partial charge in [-0.1, -0.05) is 0 Å². The minimum atomic E-state index is -1.06. The number of ether oxygens (including phenoxy) is 2. The molecule has 3 aromatic rings. The van der Waals surface area contributed by atoms with E-state index in [-0.39, 0.29) is 43.0 Å². The number of aromatic amines is 2. The van der Waals surface area contributed by atoms with Crippen molar-refractivity contribution in [1.82, 2.24) is 34.4 Å². The van der Waals surface area contributed by atoms with Gasteiger partial charge in [0.25, 0.3) is 11.1 Å². The quantitative estimate of drug-likeness (QED) is 0.201. The van der Waals surface area contributed by atoms with Crippen molar-refractivity contribution in [3.63, 3.8) is 0 Å². The maximum Gasteiger partial charge on any atom is 0.330 e. The van der Waals surface area contributed by atoms with Crippen molar-refractivity contribution >= 4 is 23.0 Å². The summed E-state index contributed by atoms with van der Waals surface area (Å²) in [4.78, 5) is 61.4. The summed E-state index contributed by atoms with van der Waals surface area (Å²) in [6, 6.07) is 0. The molecule has 0 aromatic carbocycles. The van der Waals surface area contributed by atoms with Gasteiger partial charge in [0.2, 0.25) is 11.9 Å². The Morgan fingerprint density at radius 2 is 1.95 bits per heavy atom. The van der Waals surface area contributed by atoms with Crippen LogP contribution in [0.5, 0.6) is 0 Å². The summed E-state index contributed by atoms with van der Waals surface area (Å²) in [6.07, 6.45) is -1.39. The molecule has 1 amide bonds. The number of rotatable bonds is 6. The minimum Gasteiger partial charge on any atom is -0.394 e. The number of nitrogens with two attached hydrogens (primary N) is 1. The molecule has 0 saturated carbocycles. The van der Waals surface area contributed by atoms with Crippen molar-refractivity contribution < 1.29 is 24.5 Å². The highest BCUT2D eigenvalue weighted by Crippen LogP contribution is 2.35. The van der Waals surface area contributed by atoms with Crippen molar-refractivity contribution in [2.45, 2.75) is 57.1 Å². The van der Waals surface area contributed by atoms with Crippen LogP contribution in [0.3, 0.4) is 0 Å². The summed E-state index contributed by atoms with van der Waals surface area (Å²) >= 11 is 0. The van der Waals surface area contributed by atoms with E-state index in [1.54, 1.807) is 6.92 Å². The molecule has 0 aliphatic carbocycles. The van der Waals surface area contributed by atoms with Crippen LogP contribution in [0.4, 0.5) is 5.95 Å². The molecule has 2 saturated heterocycles. The number of aromatic nitrogens is 6. The molecule has 3 aromatic heterocycles. The normalized spacial score (nSPS) is 27.6. The SMILES string of the molecule is Cc1cn(C2CC(CC(=O)NC3OC(n4cnc5c(=O)[nH]c(N)nc54)CC3O)C(CO)O2)c(=O)[nH]c1=O. The van der Waals surface area contributed by atoms with Crippen molar-refractivity contribution in [2.24, 2.45) is 5.92 Å². The molecule has 37 heavy (non-hydrogen) atoms. The van der Waals surface area contributed by atoms with Gasteiger partial charge in [-0.3, -0.25) is 33.5 Å². The van der Waals surface area contributed by atoms with E-state index < -0.39 is 59.5 Å². The smallest absolute Gasteiger partial charge is 0.330 e. The average molecular weight is 518 g/mol. The largest absolute Gasteiger partial charge is 0.394 e. The van der Waals surface area contributed by atoms with E-state index in [0.29, 0.717) is 5.56 Å². The molecule has 16 heteroatoms. The zero-order valence-corrected chi connectivity index (χ0v) is 19.7. The van der Waals surface area contributed by atoms with Crippen LogP contribution in [0.25, 0.3) is 11.2 Å². The molecule has 7 N–H and O–H groups in total. The van der Waals surface area contributed by atoms with Crippen LogP contribution in [0.2, 0.25) is 0 Å². The highest BCUT2D eigenvalue weighted by atomic mass is 16.5. The van der Waals surface area contributed by atoms with Gasteiger partial charge in [-0.25, -0.2) is 9.78 Å². The Balaban J connectivity index is 1.25. The number of aryl methyl sites for hydroxylation is 1. The van der Waals surface area contributed by atoms with Crippen LogP contribution in [-0.4, -0.2) is 70.2 Å². The fourth-order valence-corrected chi connectivity index (χ4v) is 4.73. The van der Waals surface area contributed by atoms with Crippen LogP contribution in [0.15, 0.2) is 26.9 Å². The molecule has 2 aliphatic rings. The second kappa shape index (κ2) is 9.55. The maximum absolute atomic E-state index is 12.8. The lowest BCUT2D eigenvalue weighted by Crippen LogP contribution is -2.42. The van der Waals surface area contributed by atoms with E-state index >= 15 is 0 Å². The highest BCUT2D eigenvalue weighted by molar-refractivity contribution is 5.76. The fraction of sp³-hybridized carbons (Fsp3) is 0.524. The molecule has 198 valence electrons. The Morgan fingerprint density at radius 1 is 1.19 bits per heavy atom. The Labute approximate surface area is 207 Å². The molecule has 6 unspecified atom stereocenters. The predicted octanol–water partition coefficient (Wildman–Crippen LogP) is -2.43. The number of nitrogens with one attached hydrogen (secondary N) is 3. The van der Waals surface area contributed by atoms with E-state index in [9.17, 15) is 29.4 Å². The molecule has 16 nitrogen and oxygen atoms in total. The monoisotopic (exact) mass is 518 g/mol. The third-order valence-electron chi connectivity index (χ3n) is 6.61. The topological polar surface area (TPSA) is 232 Å². The average Bonchev–Trinajstić information content (AvgIpc) is 3.53. The van der Waals surface area contributed by atoms with Crippen LogP contribution >= 0.6 is 0 Å². The number of hydrogen-bond acceptors (Lipinski definition) is 11. The Hall–Kier alpha value is -3.86. The van der Waals surface area contributed by atoms with Crippen LogP contribution in [0.1, 0.15) is 37.3 Å². The third kappa shape index (κ3) is 4.66. The Morgan fingerprint density at radius 3 is 2.70 bits per heavy atom. The number of nitrogen functional groups attached to an aromatic ring is 1. The van der Waals surface area contributed by atoms with Crippen LogP contribution < -0.4 is 27.9 Å². The number of amides is 1.